The lowest BCUT2D eigenvalue weighted by atomic mass is 10.0. The third-order valence-corrected chi connectivity index (χ3v) is 1.83. The van der Waals surface area contributed by atoms with Gasteiger partial charge < -0.3 is 10.1 Å². The molecule has 0 aromatic carbocycles. The highest BCUT2D eigenvalue weighted by molar-refractivity contribution is 5.33. The molecule has 0 saturated carbocycles. The zero-order valence-electron chi connectivity index (χ0n) is 7.27. The Bertz CT molecular complexity index is 337. The van der Waals surface area contributed by atoms with Crippen LogP contribution in [-0.2, 0) is 4.74 Å². The van der Waals surface area contributed by atoms with Gasteiger partial charge in [0.2, 0.25) is 0 Å². The SMILES string of the molecule is CC1(C)COC2=C(C=C=C=C2)N1. The van der Waals surface area contributed by atoms with Crippen LogP contribution in [0.25, 0.3) is 0 Å². The van der Waals surface area contributed by atoms with Gasteiger partial charge in [-0.15, -0.1) is 0 Å². The summed E-state index contributed by atoms with van der Waals surface area (Å²) in [6, 6.07) is 0. The maximum Gasteiger partial charge on any atom is 0.151 e. The zero-order chi connectivity index (χ0) is 8.60. The van der Waals surface area contributed by atoms with E-state index < -0.39 is 0 Å². The highest BCUT2D eigenvalue weighted by Gasteiger charge is 2.25. The standard InChI is InChI=1S/C10H11NO/c1-10(2)7-12-9-6-4-3-5-8(9)11-10/h5-6,11H,7H2,1-2H3. The summed E-state index contributed by atoms with van der Waals surface area (Å²) in [5, 5.41) is 3.36. The van der Waals surface area contributed by atoms with E-state index in [4.69, 9.17) is 4.74 Å². The first kappa shape index (κ1) is 7.30. The van der Waals surface area contributed by atoms with E-state index in [1.807, 2.05) is 6.08 Å². The van der Waals surface area contributed by atoms with Crippen molar-refractivity contribution in [2.45, 2.75) is 19.4 Å². The predicted molar refractivity (Wildman–Crippen MR) is 46.4 cm³/mol. The summed E-state index contributed by atoms with van der Waals surface area (Å²) in [7, 11) is 0. The Morgan fingerprint density at radius 1 is 1.42 bits per heavy atom. The summed E-state index contributed by atoms with van der Waals surface area (Å²) in [5.41, 5.74) is 6.77. The number of hydrogen-bond acceptors (Lipinski definition) is 2. The van der Waals surface area contributed by atoms with Gasteiger partial charge >= 0.3 is 0 Å². The van der Waals surface area contributed by atoms with Crippen molar-refractivity contribution in [1.82, 2.24) is 5.32 Å². The normalized spacial score (nSPS) is 23.2. The Labute approximate surface area is 71.9 Å². The monoisotopic (exact) mass is 161 g/mol. The van der Waals surface area contributed by atoms with E-state index in [1.165, 1.54) is 0 Å². The minimum atomic E-state index is 0.0161. The zero-order valence-corrected chi connectivity index (χ0v) is 7.27. The molecule has 62 valence electrons. The molecule has 0 radical (unpaired) electrons. The van der Waals surface area contributed by atoms with Gasteiger partial charge in [0.15, 0.2) is 5.76 Å². The Morgan fingerprint density at radius 2 is 2.17 bits per heavy atom. The van der Waals surface area contributed by atoms with Gasteiger partial charge in [-0.05, 0) is 13.8 Å². The second-order valence-electron chi connectivity index (χ2n) is 3.65. The quantitative estimate of drug-likeness (QED) is 0.543. The molecular weight excluding hydrogens is 150 g/mol. The first-order valence-corrected chi connectivity index (χ1v) is 4.00. The van der Waals surface area contributed by atoms with Crippen LogP contribution in [0.4, 0.5) is 0 Å². The molecule has 0 saturated heterocycles. The lowest BCUT2D eigenvalue weighted by Gasteiger charge is -2.33. The van der Waals surface area contributed by atoms with E-state index in [0.29, 0.717) is 6.61 Å². The Kier molecular flexibility index (Phi) is 1.41. The van der Waals surface area contributed by atoms with Crippen molar-refractivity contribution in [2.75, 3.05) is 6.61 Å². The molecule has 0 bridgehead atoms. The van der Waals surface area contributed by atoms with Crippen LogP contribution < -0.4 is 5.32 Å². The van der Waals surface area contributed by atoms with Crippen LogP contribution in [0.2, 0.25) is 0 Å². The van der Waals surface area contributed by atoms with E-state index in [2.05, 4.69) is 30.6 Å². The molecule has 0 spiro atoms. The average molecular weight is 161 g/mol. The Morgan fingerprint density at radius 3 is 3.00 bits per heavy atom. The Balaban J connectivity index is 2.32. The number of rotatable bonds is 0. The van der Waals surface area contributed by atoms with Crippen LogP contribution in [-0.4, -0.2) is 12.1 Å². The first-order valence-electron chi connectivity index (χ1n) is 4.00. The number of hydrogen-bond donors (Lipinski definition) is 1. The van der Waals surface area contributed by atoms with E-state index in [0.717, 1.165) is 11.5 Å². The summed E-state index contributed by atoms with van der Waals surface area (Å²) >= 11 is 0. The third-order valence-electron chi connectivity index (χ3n) is 1.83. The molecule has 2 aliphatic rings. The van der Waals surface area contributed by atoms with Crippen LogP contribution in [0, 0.1) is 0 Å². The fourth-order valence-corrected chi connectivity index (χ4v) is 1.25. The van der Waals surface area contributed by atoms with Crippen molar-refractivity contribution in [3.05, 3.63) is 35.1 Å². The van der Waals surface area contributed by atoms with Crippen molar-refractivity contribution < 1.29 is 4.74 Å². The molecule has 0 unspecified atom stereocenters. The molecule has 1 N–H and O–H groups in total. The molecule has 0 atom stereocenters. The molecule has 1 aliphatic heterocycles. The largest absolute Gasteiger partial charge is 0.488 e. The topological polar surface area (TPSA) is 21.3 Å². The summed E-state index contributed by atoms with van der Waals surface area (Å²) < 4.78 is 5.52. The second-order valence-corrected chi connectivity index (χ2v) is 3.65. The maximum absolute atomic E-state index is 5.52. The van der Waals surface area contributed by atoms with Crippen molar-refractivity contribution in [2.24, 2.45) is 0 Å². The minimum absolute atomic E-state index is 0.0161. The van der Waals surface area contributed by atoms with Gasteiger partial charge in [0.1, 0.15) is 6.61 Å². The number of allylic oxidation sites excluding steroid dienone is 2. The summed E-state index contributed by atoms with van der Waals surface area (Å²) in [6.07, 6.45) is 3.66. The number of ether oxygens (including phenoxy) is 1. The van der Waals surface area contributed by atoms with Gasteiger partial charge in [0, 0.05) is 12.2 Å². The van der Waals surface area contributed by atoms with Crippen molar-refractivity contribution >= 4 is 0 Å². The van der Waals surface area contributed by atoms with Gasteiger partial charge in [0.25, 0.3) is 0 Å². The van der Waals surface area contributed by atoms with Crippen molar-refractivity contribution in [1.29, 1.82) is 0 Å². The maximum atomic E-state index is 5.52. The molecule has 2 heteroatoms. The van der Waals surface area contributed by atoms with Crippen LogP contribution in [0.3, 0.4) is 0 Å². The van der Waals surface area contributed by atoms with Crippen molar-refractivity contribution in [3.63, 3.8) is 0 Å². The van der Waals surface area contributed by atoms with Crippen LogP contribution >= 0.6 is 0 Å². The summed E-state index contributed by atoms with van der Waals surface area (Å²) in [6.45, 7) is 4.90. The minimum Gasteiger partial charge on any atom is -0.488 e. The molecule has 0 aromatic rings. The lowest BCUT2D eigenvalue weighted by Crippen LogP contribution is -2.46. The molecule has 2 nitrogen and oxygen atoms in total. The lowest BCUT2D eigenvalue weighted by molar-refractivity contribution is 0.128. The van der Waals surface area contributed by atoms with Crippen LogP contribution in [0.15, 0.2) is 35.1 Å². The van der Waals surface area contributed by atoms with Gasteiger partial charge in [0.05, 0.1) is 11.2 Å². The third kappa shape index (κ3) is 1.18. The van der Waals surface area contributed by atoms with Crippen LogP contribution in [0.5, 0.6) is 0 Å². The first-order chi connectivity index (χ1) is 5.67. The summed E-state index contributed by atoms with van der Waals surface area (Å²) in [5.74, 6) is 0.869. The van der Waals surface area contributed by atoms with E-state index in [-0.39, 0.29) is 5.54 Å². The molecule has 1 aliphatic carbocycles. The van der Waals surface area contributed by atoms with Gasteiger partial charge in [-0.25, -0.2) is 0 Å². The van der Waals surface area contributed by atoms with E-state index in [1.54, 1.807) is 6.08 Å². The highest BCUT2D eigenvalue weighted by Crippen LogP contribution is 2.20. The number of nitrogens with one attached hydrogen (secondary N) is 1. The highest BCUT2D eigenvalue weighted by atomic mass is 16.5. The fourth-order valence-electron chi connectivity index (χ4n) is 1.25. The van der Waals surface area contributed by atoms with Crippen LogP contribution in [0.1, 0.15) is 13.8 Å². The summed E-state index contributed by atoms with van der Waals surface area (Å²) in [4.78, 5) is 0. The van der Waals surface area contributed by atoms with Gasteiger partial charge in [-0.3, -0.25) is 0 Å². The fraction of sp³-hybridized carbons (Fsp3) is 0.400. The predicted octanol–water partition coefficient (Wildman–Crippen LogP) is 1.48. The smallest absolute Gasteiger partial charge is 0.151 e. The van der Waals surface area contributed by atoms with Gasteiger partial charge in [-0.2, -0.15) is 0 Å². The molecular formula is C10H11NO. The average Bonchev–Trinajstić information content (AvgIpc) is 2.02. The Hall–Kier alpha value is -1.36. The molecule has 12 heavy (non-hydrogen) atoms. The molecule has 1 heterocycles. The molecule has 0 fully saturated rings. The van der Waals surface area contributed by atoms with Gasteiger partial charge in [-0.1, -0.05) is 11.5 Å². The van der Waals surface area contributed by atoms with Crippen molar-refractivity contribution in [3.8, 4) is 0 Å². The molecule has 2 rings (SSSR count). The molecule has 0 amide bonds. The van der Waals surface area contributed by atoms with E-state index >= 15 is 0 Å². The second kappa shape index (κ2) is 2.31. The molecule has 0 aromatic heterocycles. The van der Waals surface area contributed by atoms with E-state index in [9.17, 15) is 0 Å².